The summed E-state index contributed by atoms with van der Waals surface area (Å²) in [5.74, 6) is -2.63. The normalized spacial score (nSPS) is 17.9. The number of carbonyl (C=O) groups excluding carboxylic acids is 3. The van der Waals surface area contributed by atoms with Crippen molar-refractivity contribution >= 4 is 17.5 Å². The van der Waals surface area contributed by atoms with Crippen LogP contribution in [0.4, 0.5) is 4.39 Å². The molecule has 1 aromatic carbocycles. The molecule has 1 fully saturated rings. The number of halogens is 1. The third-order valence-electron chi connectivity index (χ3n) is 3.77. The summed E-state index contributed by atoms with van der Waals surface area (Å²) in [5.41, 5.74) is 0.841. The molecule has 118 valence electrons. The predicted molar refractivity (Wildman–Crippen MR) is 78.4 cm³/mol. The molecule has 1 aromatic heterocycles. The van der Waals surface area contributed by atoms with Crippen LogP contribution in [-0.2, 0) is 16.0 Å². The van der Waals surface area contributed by atoms with Crippen LogP contribution in [0.2, 0.25) is 0 Å². The van der Waals surface area contributed by atoms with E-state index in [0.717, 1.165) is 5.56 Å². The highest BCUT2D eigenvalue weighted by Crippen LogP contribution is 2.20. The minimum absolute atomic E-state index is 0.0650. The van der Waals surface area contributed by atoms with Gasteiger partial charge in [-0.05, 0) is 36.2 Å². The molecule has 0 aliphatic carbocycles. The molecule has 6 heteroatoms. The number of hydrogen-bond acceptors (Lipinski definition) is 4. The Morgan fingerprint density at radius 2 is 1.91 bits per heavy atom. The second-order valence-electron chi connectivity index (χ2n) is 5.39. The van der Waals surface area contributed by atoms with Gasteiger partial charge in [-0.1, -0.05) is 12.1 Å². The number of nitrogens with one attached hydrogen (secondary N) is 1. The van der Waals surface area contributed by atoms with Gasteiger partial charge in [0, 0.05) is 13.0 Å². The van der Waals surface area contributed by atoms with Crippen molar-refractivity contribution in [3.63, 3.8) is 0 Å². The zero-order valence-corrected chi connectivity index (χ0v) is 12.2. The van der Waals surface area contributed by atoms with E-state index in [9.17, 15) is 18.8 Å². The lowest BCUT2D eigenvalue weighted by atomic mass is 9.90. The minimum atomic E-state index is -0.978. The van der Waals surface area contributed by atoms with E-state index in [0.29, 0.717) is 18.7 Å². The molecule has 1 N–H and O–H groups in total. The molecule has 5 nitrogen and oxygen atoms in total. The summed E-state index contributed by atoms with van der Waals surface area (Å²) in [4.78, 5) is 35.4. The molecule has 1 saturated heterocycles. The summed E-state index contributed by atoms with van der Waals surface area (Å²) >= 11 is 0. The summed E-state index contributed by atoms with van der Waals surface area (Å²) < 4.78 is 18.4. The maximum Gasteiger partial charge on any atom is 0.288 e. The van der Waals surface area contributed by atoms with Gasteiger partial charge < -0.3 is 9.73 Å². The van der Waals surface area contributed by atoms with Crippen LogP contribution in [0.15, 0.2) is 40.8 Å². The fourth-order valence-electron chi connectivity index (χ4n) is 2.54. The Bertz CT molecular complexity index is 763. The van der Waals surface area contributed by atoms with Crippen molar-refractivity contribution in [1.29, 1.82) is 0 Å². The maximum absolute atomic E-state index is 12.9. The monoisotopic (exact) mass is 315 g/mol. The Kier molecular flexibility index (Phi) is 4.06. The molecule has 1 unspecified atom stereocenters. The first-order valence-electron chi connectivity index (χ1n) is 7.24. The van der Waals surface area contributed by atoms with E-state index in [1.807, 2.05) is 0 Å². The lowest BCUT2D eigenvalue weighted by Crippen LogP contribution is -2.45. The average Bonchev–Trinajstić information content (AvgIpc) is 3.00. The molecule has 0 spiro atoms. The first-order chi connectivity index (χ1) is 11.0. The van der Waals surface area contributed by atoms with Gasteiger partial charge in [0.2, 0.25) is 11.6 Å². The fourth-order valence-corrected chi connectivity index (χ4v) is 2.54. The van der Waals surface area contributed by atoms with Crippen LogP contribution in [0.1, 0.15) is 28.3 Å². The number of ketones is 2. The molecule has 0 radical (unpaired) electrons. The zero-order valence-electron chi connectivity index (χ0n) is 12.2. The van der Waals surface area contributed by atoms with Crippen LogP contribution in [0.25, 0.3) is 0 Å². The van der Waals surface area contributed by atoms with Crippen molar-refractivity contribution in [3.05, 3.63) is 59.3 Å². The van der Waals surface area contributed by atoms with E-state index in [2.05, 4.69) is 5.32 Å². The molecule has 2 aromatic rings. The molecule has 0 bridgehead atoms. The van der Waals surface area contributed by atoms with E-state index in [1.165, 1.54) is 18.2 Å². The fraction of sp³-hybridized carbons (Fsp3) is 0.235. The van der Waals surface area contributed by atoms with Crippen molar-refractivity contribution < 1.29 is 23.2 Å². The third-order valence-corrected chi connectivity index (χ3v) is 3.77. The molecular formula is C17H14FNO4. The Balaban J connectivity index is 1.73. The van der Waals surface area contributed by atoms with Crippen LogP contribution in [-0.4, -0.2) is 24.0 Å². The Morgan fingerprint density at radius 3 is 2.65 bits per heavy atom. The molecule has 2 heterocycles. The number of carbonyl (C=O) groups is 3. The first kappa shape index (κ1) is 15.1. The van der Waals surface area contributed by atoms with Crippen molar-refractivity contribution in [3.8, 4) is 0 Å². The summed E-state index contributed by atoms with van der Waals surface area (Å²) in [6.45, 7) is 0.296. The molecule has 1 aliphatic heterocycles. The second-order valence-corrected chi connectivity index (χ2v) is 5.39. The van der Waals surface area contributed by atoms with Crippen molar-refractivity contribution in [1.82, 2.24) is 5.32 Å². The lowest BCUT2D eigenvalue weighted by Gasteiger charge is -2.18. The van der Waals surface area contributed by atoms with Gasteiger partial charge in [0.25, 0.3) is 5.91 Å². The number of Topliss-reactive ketones (excluding diaryl/α,β-unsaturated/α-hetero) is 2. The van der Waals surface area contributed by atoms with E-state index in [1.54, 1.807) is 18.2 Å². The van der Waals surface area contributed by atoms with Crippen molar-refractivity contribution in [2.24, 2.45) is 5.92 Å². The minimum Gasteiger partial charge on any atom is -0.458 e. The lowest BCUT2D eigenvalue weighted by molar-refractivity contribution is -0.141. The highest BCUT2D eigenvalue weighted by molar-refractivity contribution is 6.41. The number of furan rings is 1. The standard InChI is InChI=1S/C17H14FNO4/c18-11-3-1-10(2-4-11)9-12-5-6-14(23-12)15(20)13-7-8-19-17(22)16(13)21/h1-6,13H,7-9H2,(H,19,22). The summed E-state index contributed by atoms with van der Waals surface area (Å²) in [7, 11) is 0. The van der Waals surface area contributed by atoms with Crippen molar-refractivity contribution in [2.75, 3.05) is 6.54 Å². The van der Waals surface area contributed by atoms with Gasteiger partial charge in [0.1, 0.15) is 11.6 Å². The molecule has 0 saturated carbocycles. The van der Waals surface area contributed by atoms with E-state index < -0.39 is 23.4 Å². The van der Waals surface area contributed by atoms with Crippen LogP contribution in [0.5, 0.6) is 0 Å². The van der Waals surface area contributed by atoms with E-state index >= 15 is 0 Å². The Hall–Kier alpha value is -2.76. The molecular weight excluding hydrogens is 301 g/mol. The second kappa shape index (κ2) is 6.16. The number of hydrogen-bond donors (Lipinski definition) is 1. The highest BCUT2D eigenvalue weighted by Gasteiger charge is 2.36. The number of amides is 1. The van der Waals surface area contributed by atoms with E-state index in [-0.39, 0.29) is 18.0 Å². The quantitative estimate of drug-likeness (QED) is 0.531. The van der Waals surface area contributed by atoms with Crippen LogP contribution >= 0.6 is 0 Å². The molecule has 1 aliphatic rings. The number of piperidine rings is 1. The summed E-state index contributed by atoms with van der Waals surface area (Å²) in [6.07, 6.45) is 0.685. The third kappa shape index (κ3) is 3.21. The molecule has 3 rings (SSSR count). The summed E-state index contributed by atoms with van der Waals surface area (Å²) in [5, 5.41) is 2.41. The maximum atomic E-state index is 12.9. The molecule has 23 heavy (non-hydrogen) atoms. The largest absolute Gasteiger partial charge is 0.458 e. The Labute approximate surface area is 131 Å². The SMILES string of the molecule is O=C1NCCC(C(=O)c2ccc(Cc3ccc(F)cc3)o2)C1=O. The zero-order chi connectivity index (χ0) is 16.4. The van der Waals surface area contributed by atoms with Gasteiger partial charge >= 0.3 is 0 Å². The smallest absolute Gasteiger partial charge is 0.288 e. The van der Waals surface area contributed by atoms with Gasteiger partial charge in [0.15, 0.2) is 5.76 Å². The topological polar surface area (TPSA) is 76.4 Å². The number of benzene rings is 1. The van der Waals surface area contributed by atoms with Crippen LogP contribution in [0.3, 0.4) is 0 Å². The summed E-state index contributed by atoms with van der Waals surface area (Å²) in [6, 6.07) is 9.11. The Morgan fingerprint density at radius 1 is 1.17 bits per heavy atom. The van der Waals surface area contributed by atoms with Gasteiger partial charge in [0.05, 0.1) is 5.92 Å². The predicted octanol–water partition coefficient (Wildman–Crippen LogP) is 1.90. The molecule has 1 atom stereocenters. The van der Waals surface area contributed by atoms with Crippen LogP contribution in [0, 0.1) is 11.7 Å². The van der Waals surface area contributed by atoms with Gasteiger partial charge in [-0.2, -0.15) is 0 Å². The first-order valence-corrected chi connectivity index (χ1v) is 7.24. The van der Waals surface area contributed by atoms with Crippen LogP contribution < -0.4 is 5.32 Å². The van der Waals surface area contributed by atoms with Crippen molar-refractivity contribution in [2.45, 2.75) is 12.8 Å². The average molecular weight is 315 g/mol. The van der Waals surface area contributed by atoms with E-state index in [4.69, 9.17) is 4.42 Å². The van der Waals surface area contributed by atoms with Gasteiger partial charge in [-0.25, -0.2) is 4.39 Å². The highest BCUT2D eigenvalue weighted by atomic mass is 19.1. The molecule has 1 amide bonds. The number of rotatable bonds is 4. The van der Waals surface area contributed by atoms with Gasteiger partial charge in [-0.3, -0.25) is 14.4 Å². The van der Waals surface area contributed by atoms with Gasteiger partial charge in [-0.15, -0.1) is 0 Å².